The van der Waals surface area contributed by atoms with E-state index in [0.29, 0.717) is 0 Å². The number of fused-ring (bicyclic) bond motifs is 1. The first-order valence-electron chi connectivity index (χ1n) is 7.20. The van der Waals surface area contributed by atoms with Crippen LogP contribution in [0.4, 0.5) is 5.69 Å². The molecule has 4 heteroatoms. The molecule has 2 heterocycles. The Balaban J connectivity index is 1.48. The normalized spacial score (nSPS) is 22.5. The van der Waals surface area contributed by atoms with Gasteiger partial charge in [0.1, 0.15) is 6.04 Å². The molecule has 1 saturated heterocycles. The minimum Gasteiger partial charge on any atom is -0.324 e. The van der Waals surface area contributed by atoms with E-state index in [0.717, 1.165) is 30.8 Å². The van der Waals surface area contributed by atoms with Gasteiger partial charge in [-0.25, -0.2) is 0 Å². The summed E-state index contributed by atoms with van der Waals surface area (Å²) in [5.41, 5.74) is 2.03. The van der Waals surface area contributed by atoms with Gasteiger partial charge in [0.25, 0.3) is 0 Å². The molecule has 4 nitrogen and oxygen atoms in total. The number of amides is 1. The highest BCUT2D eigenvalue weighted by Gasteiger charge is 2.29. The molecular formula is C15H21N3O. The van der Waals surface area contributed by atoms with Crippen molar-refractivity contribution in [3.8, 4) is 0 Å². The van der Waals surface area contributed by atoms with E-state index in [2.05, 4.69) is 15.5 Å². The number of anilines is 1. The highest BCUT2D eigenvalue weighted by atomic mass is 16.2. The summed E-state index contributed by atoms with van der Waals surface area (Å²) >= 11 is 0. The van der Waals surface area contributed by atoms with Crippen LogP contribution in [-0.2, 0) is 4.79 Å². The average molecular weight is 259 g/mol. The SMILES string of the molecule is O=C1Nc2ccccc2C1NCCCN1CCCC1. The van der Waals surface area contributed by atoms with Gasteiger partial charge in [0, 0.05) is 11.3 Å². The third-order valence-corrected chi connectivity index (χ3v) is 3.99. The third-order valence-electron chi connectivity index (χ3n) is 3.99. The van der Waals surface area contributed by atoms with Gasteiger partial charge in [-0.2, -0.15) is 0 Å². The summed E-state index contributed by atoms with van der Waals surface area (Å²) in [5.74, 6) is 0.0716. The number of hydrogen-bond donors (Lipinski definition) is 2. The van der Waals surface area contributed by atoms with Crippen molar-refractivity contribution in [2.24, 2.45) is 0 Å². The standard InChI is InChI=1S/C15H21N3O/c19-15-14(12-6-1-2-7-13(12)17-15)16-8-5-11-18-9-3-4-10-18/h1-2,6-7,14,16H,3-5,8-11H2,(H,17,19). The highest BCUT2D eigenvalue weighted by molar-refractivity contribution is 6.02. The Morgan fingerprint density at radius 2 is 2.05 bits per heavy atom. The Bertz CT molecular complexity index is 454. The van der Waals surface area contributed by atoms with Crippen molar-refractivity contribution in [2.75, 3.05) is 31.5 Å². The van der Waals surface area contributed by atoms with E-state index in [9.17, 15) is 4.79 Å². The molecule has 0 radical (unpaired) electrons. The molecule has 0 aromatic heterocycles. The van der Waals surface area contributed by atoms with Crippen LogP contribution in [0.3, 0.4) is 0 Å². The van der Waals surface area contributed by atoms with Crippen molar-refractivity contribution >= 4 is 11.6 Å². The summed E-state index contributed by atoms with van der Waals surface area (Å²) in [5, 5.41) is 6.29. The number of likely N-dealkylation sites (tertiary alicyclic amines) is 1. The molecule has 3 rings (SSSR count). The van der Waals surface area contributed by atoms with Gasteiger partial charge < -0.3 is 15.5 Å². The summed E-state index contributed by atoms with van der Waals surface area (Å²) in [6.07, 6.45) is 3.78. The fourth-order valence-electron chi connectivity index (χ4n) is 2.97. The van der Waals surface area contributed by atoms with E-state index in [1.807, 2.05) is 24.3 Å². The highest BCUT2D eigenvalue weighted by Crippen LogP contribution is 2.29. The van der Waals surface area contributed by atoms with Crippen LogP contribution in [0.5, 0.6) is 0 Å². The summed E-state index contributed by atoms with van der Waals surface area (Å²) in [7, 11) is 0. The van der Waals surface area contributed by atoms with Gasteiger partial charge in [-0.15, -0.1) is 0 Å². The van der Waals surface area contributed by atoms with Crippen LogP contribution in [0.25, 0.3) is 0 Å². The first-order chi connectivity index (χ1) is 9.34. The first kappa shape index (κ1) is 12.6. The molecule has 0 aliphatic carbocycles. The Labute approximate surface area is 114 Å². The van der Waals surface area contributed by atoms with Crippen molar-refractivity contribution < 1.29 is 4.79 Å². The predicted molar refractivity (Wildman–Crippen MR) is 76.1 cm³/mol. The number of carbonyl (C=O) groups is 1. The first-order valence-corrected chi connectivity index (χ1v) is 7.20. The molecule has 1 unspecified atom stereocenters. The van der Waals surface area contributed by atoms with Crippen LogP contribution in [0.2, 0.25) is 0 Å². The van der Waals surface area contributed by atoms with Crippen LogP contribution in [0, 0.1) is 0 Å². The summed E-state index contributed by atoms with van der Waals surface area (Å²) in [4.78, 5) is 14.4. The van der Waals surface area contributed by atoms with Gasteiger partial charge in [0.15, 0.2) is 0 Å². The Morgan fingerprint density at radius 3 is 2.89 bits per heavy atom. The lowest BCUT2D eigenvalue weighted by molar-refractivity contribution is -0.117. The van der Waals surface area contributed by atoms with Gasteiger partial charge in [-0.05, 0) is 51.5 Å². The van der Waals surface area contributed by atoms with Crippen LogP contribution < -0.4 is 10.6 Å². The zero-order valence-corrected chi connectivity index (χ0v) is 11.2. The molecule has 1 fully saturated rings. The van der Waals surface area contributed by atoms with Crippen molar-refractivity contribution in [3.05, 3.63) is 29.8 Å². The second kappa shape index (κ2) is 5.72. The van der Waals surface area contributed by atoms with E-state index in [-0.39, 0.29) is 11.9 Å². The lowest BCUT2D eigenvalue weighted by atomic mass is 10.1. The Kier molecular flexibility index (Phi) is 3.80. The van der Waals surface area contributed by atoms with Crippen molar-refractivity contribution in [1.82, 2.24) is 10.2 Å². The van der Waals surface area contributed by atoms with E-state index in [1.54, 1.807) is 0 Å². The molecule has 0 spiro atoms. The maximum absolute atomic E-state index is 11.9. The molecule has 2 aliphatic rings. The van der Waals surface area contributed by atoms with Gasteiger partial charge in [0.2, 0.25) is 5.91 Å². The van der Waals surface area contributed by atoms with Crippen LogP contribution in [-0.4, -0.2) is 37.0 Å². The number of nitrogens with one attached hydrogen (secondary N) is 2. The summed E-state index contributed by atoms with van der Waals surface area (Å²) in [6, 6.07) is 7.74. The number of carbonyl (C=O) groups excluding carboxylic acids is 1. The van der Waals surface area contributed by atoms with Gasteiger partial charge >= 0.3 is 0 Å². The van der Waals surface area contributed by atoms with Crippen molar-refractivity contribution in [2.45, 2.75) is 25.3 Å². The second-order valence-corrected chi connectivity index (χ2v) is 5.37. The number of para-hydroxylation sites is 1. The summed E-state index contributed by atoms with van der Waals surface area (Å²) < 4.78 is 0. The molecular weight excluding hydrogens is 238 g/mol. The molecule has 19 heavy (non-hydrogen) atoms. The predicted octanol–water partition coefficient (Wildman–Crippen LogP) is 1.76. The quantitative estimate of drug-likeness (QED) is 0.792. The molecule has 0 bridgehead atoms. The average Bonchev–Trinajstić information content (AvgIpc) is 3.02. The van der Waals surface area contributed by atoms with E-state index < -0.39 is 0 Å². The monoisotopic (exact) mass is 259 g/mol. The van der Waals surface area contributed by atoms with E-state index in [1.165, 1.54) is 25.9 Å². The molecule has 2 aliphatic heterocycles. The van der Waals surface area contributed by atoms with Gasteiger partial charge in [-0.3, -0.25) is 4.79 Å². The minimum atomic E-state index is -0.172. The molecule has 2 N–H and O–H groups in total. The van der Waals surface area contributed by atoms with Crippen LogP contribution in [0.1, 0.15) is 30.9 Å². The number of rotatable bonds is 5. The van der Waals surface area contributed by atoms with E-state index >= 15 is 0 Å². The molecule has 0 saturated carbocycles. The van der Waals surface area contributed by atoms with E-state index in [4.69, 9.17) is 0 Å². The second-order valence-electron chi connectivity index (χ2n) is 5.37. The summed E-state index contributed by atoms with van der Waals surface area (Å²) in [6.45, 7) is 4.52. The fraction of sp³-hybridized carbons (Fsp3) is 0.533. The smallest absolute Gasteiger partial charge is 0.246 e. The van der Waals surface area contributed by atoms with Crippen molar-refractivity contribution in [1.29, 1.82) is 0 Å². The number of hydrogen-bond acceptors (Lipinski definition) is 3. The Hall–Kier alpha value is -1.39. The molecule has 1 aromatic rings. The minimum absolute atomic E-state index is 0.0716. The topological polar surface area (TPSA) is 44.4 Å². The van der Waals surface area contributed by atoms with Crippen LogP contribution >= 0.6 is 0 Å². The third kappa shape index (κ3) is 2.80. The fourth-order valence-corrected chi connectivity index (χ4v) is 2.97. The molecule has 1 aromatic carbocycles. The largest absolute Gasteiger partial charge is 0.324 e. The molecule has 102 valence electrons. The Morgan fingerprint density at radius 1 is 1.26 bits per heavy atom. The maximum Gasteiger partial charge on any atom is 0.246 e. The molecule has 1 atom stereocenters. The van der Waals surface area contributed by atoms with Crippen LogP contribution in [0.15, 0.2) is 24.3 Å². The van der Waals surface area contributed by atoms with Gasteiger partial charge in [-0.1, -0.05) is 18.2 Å². The number of benzene rings is 1. The van der Waals surface area contributed by atoms with Gasteiger partial charge in [0.05, 0.1) is 0 Å². The van der Waals surface area contributed by atoms with Crippen molar-refractivity contribution in [3.63, 3.8) is 0 Å². The lowest BCUT2D eigenvalue weighted by Crippen LogP contribution is -2.30. The molecule has 1 amide bonds. The zero-order chi connectivity index (χ0) is 13.1. The number of nitrogens with zero attached hydrogens (tertiary/aromatic N) is 1. The zero-order valence-electron chi connectivity index (χ0n) is 11.2. The lowest BCUT2D eigenvalue weighted by Gasteiger charge is -2.16. The maximum atomic E-state index is 11.9.